The van der Waals surface area contributed by atoms with Gasteiger partial charge in [-0.05, 0) is 6.42 Å². The monoisotopic (exact) mass is 286 g/mol. The summed E-state index contributed by atoms with van der Waals surface area (Å²) in [4.78, 5) is 10.1. The maximum atomic E-state index is 14.2. The molecular formula is C12H19FN4OS. The summed E-state index contributed by atoms with van der Waals surface area (Å²) in [5, 5.41) is 0. The van der Waals surface area contributed by atoms with Gasteiger partial charge >= 0.3 is 0 Å². The summed E-state index contributed by atoms with van der Waals surface area (Å²) in [7, 11) is 1.60. The number of nitrogens with two attached hydrogens (primary N) is 1. The molecule has 0 aliphatic heterocycles. The fourth-order valence-corrected chi connectivity index (χ4v) is 1.72. The molecule has 0 aliphatic carbocycles. The van der Waals surface area contributed by atoms with E-state index < -0.39 is 0 Å². The third-order valence-corrected chi connectivity index (χ3v) is 2.88. The minimum Gasteiger partial charge on any atom is -0.393 e. The van der Waals surface area contributed by atoms with Crippen LogP contribution in [0.25, 0.3) is 0 Å². The normalized spacial score (nSPS) is 10.5. The lowest BCUT2D eigenvalue weighted by molar-refractivity contribution is 0.205. The second-order valence-corrected chi connectivity index (χ2v) is 4.53. The molecule has 2 N–H and O–H groups in total. The maximum absolute atomic E-state index is 14.2. The number of aryl methyl sites for hydroxylation is 1. The van der Waals surface area contributed by atoms with E-state index in [4.69, 9.17) is 22.7 Å². The molecule has 7 heteroatoms. The van der Waals surface area contributed by atoms with E-state index >= 15 is 0 Å². The van der Waals surface area contributed by atoms with Gasteiger partial charge in [-0.2, -0.15) is 0 Å². The second kappa shape index (κ2) is 7.96. The first-order valence-electron chi connectivity index (χ1n) is 6.11. The van der Waals surface area contributed by atoms with Crippen molar-refractivity contribution < 1.29 is 9.13 Å². The molecule has 0 saturated heterocycles. The van der Waals surface area contributed by atoms with E-state index in [0.29, 0.717) is 43.2 Å². The van der Waals surface area contributed by atoms with Gasteiger partial charge in [-0.25, -0.2) is 14.4 Å². The molecule has 0 aromatic carbocycles. The fraction of sp³-hybridized carbons (Fsp3) is 0.583. The van der Waals surface area contributed by atoms with Crippen LogP contribution in [0, 0.1) is 5.82 Å². The number of halogens is 1. The number of hydrogen-bond acceptors (Lipinski definition) is 5. The van der Waals surface area contributed by atoms with Gasteiger partial charge in [0.15, 0.2) is 11.6 Å². The molecule has 0 spiro atoms. The highest BCUT2D eigenvalue weighted by atomic mass is 32.1. The molecule has 0 bridgehead atoms. The number of aromatic nitrogens is 2. The lowest BCUT2D eigenvalue weighted by Gasteiger charge is -2.23. The van der Waals surface area contributed by atoms with Crippen LogP contribution in [0.2, 0.25) is 0 Å². The summed E-state index contributed by atoms with van der Waals surface area (Å²) < 4.78 is 19.2. The molecule has 1 rings (SSSR count). The van der Waals surface area contributed by atoms with Crippen molar-refractivity contribution in [2.45, 2.75) is 19.8 Å². The van der Waals surface area contributed by atoms with Crippen LogP contribution in [0.3, 0.4) is 0 Å². The minimum absolute atomic E-state index is 0.278. The second-order valence-electron chi connectivity index (χ2n) is 4.01. The number of rotatable bonds is 8. The molecule has 1 heterocycles. The van der Waals surface area contributed by atoms with Crippen molar-refractivity contribution in [2.24, 2.45) is 5.73 Å². The Morgan fingerprint density at radius 1 is 1.47 bits per heavy atom. The Morgan fingerprint density at radius 2 is 2.21 bits per heavy atom. The lowest BCUT2D eigenvalue weighted by Crippen LogP contribution is -2.32. The quantitative estimate of drug-likeness (QED) is 0.727. The van der Waals surface area contributed by atoms with E-state index in [1.165, 1.54) is 6.33 Å². The summed E-state index contributed by atoms with van der Waals surface area (Å²) in [6, 6.07) is 0. The molecule has 0 fully saturated rings. The van der Waals surface area contributed by atoms with E-state index in [0.717, 1.165) is 0 Å². The van der Waals surface area contributed by atoms with Gasteiger partial charge < -0.3 is 15.4 Å². The van der Waals surface area contributed by atoms with Crippen LogP contribution >= 0.6 is 12.2 Å². The first-order chi connectivity index (χ1) is 9.10. The van der Waals surface area contributed by atoms with Crippen molar-refractivity contribution in [1.82, 2.24) is 9.97 Å². The highest BCUT2D eigenvalue weighted by Crippen LogP contribution is 2.18. The van der Waals surface area contributed by atoms with E-state index in [9.17, 15) is 4.39 Å². The van der Waals surface area contributed by atoms with E-state index in [1.54, 1.807) is 12.0 Å². The maximum Gasteiger partial charge on any atom is 0.187 e. The molecule has 0 atom stereocenters. The number of anilines is 1. The van der Waals surface area contributed by atoms with Crippen molar-refractivity contribution in [3.8, 4) is 0 Å². The minimum atomic E-state index is -0.385. The Kier molecular flexibility index (Phi) is 6.58. The highest BCUT2D eigenvalue weighted by molar-refractivity contribution is 7.80. The van der Waals surface area contributed by atoms with E-state index in [2.05, 4.69) is 9.97 Å². The van der Waals surface area contributed by atoms with Crippen molar-refractivity contribution in [1.29, 1.82) is 0 Å². The average molecular weight is 286 g/mol. The summed E-state index contributed by atoms with van der Waals surface area (Å²) in [5.74, 6) is -0.107. The van der Waals surface area contributed by atoms with Gasteiger partial charge in [0.1, 0.15) is 6.33 Å². The SMILES string of the molecule is CCc1ncnc(N(CCOC)CCC(N)=S)c1F. The van der Waals surface area contributed by atoms with Crippen LogP contribution in [-0.4, -0.2) is 41.8 Å². The van der Waals surface area contributed by atoms with Gasteiger partial charge in [0.05, 0.1) is 17.3 Å². The molecule has 0 saturated carbocycles. The average Bonchev–Trinajstić information content (AvgIpc) is 2.39. The van der Waals surface area contributed by atoms with Gasteiger partial charge in [-0.1, -0.05) is 19.1 Å². The molecule has 5 nitrogen and oxygen atoms in total. The van der Waals surface area contributed by atoms with Crippen molar-refractivity contribution >= 4 is 23.0 Å². The standard InChI is InChI=1S/C12H19FN4OS/c1-3-9-11(13)12(16-8-15-9)17(6-7-18-2)5-4-10(14)19/h8H,3-7H2,1-2H3,(H2,14,19). The third kappa shape index (κ3) is 4.68. The van der Waals surface area contributed by atoms with Crippen LogP contribution in [0.4, 0.5) is 10.2 Å². The summed E-state index contributed by atoms with van der Waals surface area (Å²) in [5.41, 5.74) is 5.89. The lowest BCUT2D eigenvalue weighted by atomic mass is 10.2. The largest absolute Gasteiger partial charge is 0.393 e. The van der Waals surface area contributed by atoms with E-state index in [1.807, 2.05) is 6.92 Å². The highest BCUT2D eigenvalue weighted by Gasteiger charge is 2.16. The number of hydrogen-bond donors (Lipinski definition) is 1. The summed E-state index contributed by atoms with van der Waals surface area (Å²) >= 11 is 4.85. The zero-order chi connectivity index (χ0) is 14.3. The molecule has 1 aromatic heterocycles. The Morgan fingerprint density at radius 3 is 2.79 bits per heavy atom. The molecule has 0 radical (unpaired) electrons. The fourth-order valence-electron chi connectivity index (χ4n) is 1.63. The van der Waals surface area contributed by atoms with Crippen molar-refractivity contribution in [3.63, 3.8) is 0 Å². The Labute approximate surface area is 118 Å². The number of ether oxygens (including phenoxy) is 1. The molecule has 0 amide bonds. The Balaban J connectivity index is 2.92. The summed E-state index contributed by atoms with van der Waals surface area (Å²) in [6.07, 6.45) is 2.40. The zero-order valence-electron chi connectivity index (χ0n) is 11.2. The van der Waals surface area contributed by atoms with Crippen LogP contribution in [-0.2, 0) is 11.2 Å². The topological polar surface area (TPSA) is 64.3 Å². The van der Waals surface area contributed by atoms with Crippen molar-refractivity contribution in [3.05, 3.63) is 17.8 Å². The first-order valence-corrected chi connectivity index (χ1v) is 6.52. The van der Waals surface area contributed by atoms with Crippen molar-refractivity contribution in [2.75, 3.05) is 31.7 Å². The molecule has 1 aromatic rings. The molecule has 0 unspecified atom stereocenters. The molecule has 106 valence electrons. The van der Waals surface area contributed by atoms with Gasteiger partial charge in [-0.3, -0.25) is 0 Å². The van der Waals surface area contributed by atoms with Crippen LogP contribution in [0.1, 0.15) is 19.0 Å². The first kappa shape index (κ1) is 15.7. The van der Waals surface area contributed by atoms with Crippen LogP contribution in [0.5, 0.6) is 0 Å². The summed E-state index contributed by atoms with van der Waals surface area (Å²) in [6.45, 7) is 3.36. The predicted octanol–water partition coefficient (Wildman–Crippen LogP) is 1.31. The Bertz CT molecular complexity index is 430. The zero-order valence-corrected chi connectivity index (χ0v) is 12.0. The van der Waals surface area contributed by atoms with Crippen LogP contribution < -0.4 is 10.6 Å². The number of thiocarbonyl (C=S) groups is 1. The number of methoxy groups -OCH3 is 1. The Hall–Kier alpha value is -1.34. The molecule has 0 aliphatic rings. The molecular weight excluding hydrogens is 267 g/mol. The van der Waals surface area contributed by atoms with Gasteiger partial charge in [-0.15, -0.1) is 0 Å². The van der Waals surface area contributed by atoms with Crippen LogP contribution in [0.15, 0.2) is 6.33 Å². The van der Waals surface area contributed by atoms with Gasteiger partial charge in [0, 0.05) is 26.6 Å². The van der Waals surface area contributed by atoms with E-state index in [-0.39, 0.29) is 11.6 Å². The number of nitrogens with zero attached hydrogens (tertiary/aromatic N) is 3. The van der Waals surface area contributed by atoms with Gasteiger partial charge in [0.25, 0.3) is 0 Å². The molecule has 19 heavy (non-hydrogen) atoms. The predicted molar refractivity (Wildman–Crippen MR) is 76.9 cm³/mol. The van der Waals surface area contributed by atoms with Gasteiger partial charge in [0.2, 0.25) is 0 Å². The smallest absolute Gasteiger partial charge is 0.187 e. The third-order valence-electron chi connectivity index (χ3n) is 2.67.